The summed E-state index contributed by atoms with van der Waals surface area (Å²) >= 11 is 0. The van der Waals surface area contributed by atoms with Crippen molar-refractivity contribution in [3.63, 3.8) is 0 Å². The van der Waals surface area contributed by atoms with E-state index in [4.69, 9.17) is 14.2 Å². The summed E-state index contributed by atoms with van der Waals surface area (Å²) in [6, 6.07) is 8.15. The smallest absolute Gasteiger partial charge is 0.244 e. The number of hydrogen-bond acceptors (Lipinski definition) is 6. The summed E-state index contributed by atoms with van der Waals surface area (Å²) in [7, 11) is -0.643. The first kappa shape index (κ1) is 20.8. The lowest BCUT2D eigenvalue weighted by Crippen LogP contribution is -2.56. The Labute approximate surface area is 155 Å². The van der Waals surface area contributed by atoms with Gasteiger partial charge in [0.1, 0.15) is 0 Å². The van der Waals surface area contributed by atoms with E-state index in [1.807, 2.05) is 0 Å². The molecule has 7 nitrogen and oxygen atoms in total. The number of carbonyl (C=O) groups excluding carboxylic acids is 1. The first-order chi connectivity index (χ1) is 12.5. The zero-order valence-electron chi connectivity index (χ0n) is 15.3. The van der Waals surface area contributed by atoms with Crippen LogP contribution in [0.3, 0.4) is 0 Å². The van der Waals surface area contributed by atoms with E-state index in [1.54, 1.807) is 32.4 Å². The monoisotopic (exact) mass is 385 g/mol. The fraction of sp³-hybridized carbons (Fsp3) is 0.611. The second-order valence-electron chi connectivity index (χ2n) is 6.26. The molecule has 0 N–H and O–H groups in total. The largest absolute Gasteiger partial charge is 0.382 e. The van der Waals surface area contributed by atoms with Gasteiger partial charge in [0, 0.05) is 33.9 Å². The summed E-state index contributed by atoms with van der Waals surface area (Å²) in [4.78, 5) is 14.8. The number of sulfone groups is 1. The Kier molecular flexibility index (Phi) is 7.57. The van der Waals surface area contributed by atoms with Crippen LogP contribution in [-0.4, -0.2) is 77.7 Å². The van der Waals surface area contributed by atoms with Crippen molar-refractivity contribution in [3.05, 3.63) is 30.3 Å². The molecule has 1 aliphatic heterocycles. The van der Waals surface area contributed by atoms with Crippen molar-refractivity contribution in [2.24, 2.45) is 0 Å². The van der Waals surface area contributed by atoms with Crippen molar-refractivity contribution in [3.8, 4) is 0 Å². The van der Waals surface area contributed by atoms with Crippen LogP contribution in [0.4, 0.5) is 0 Å². The molecule has 1 aromatic rings. The van der Waals surface area contributed by atoms with Gasteiger partial charge in [-0.1, -0.05) is 18.2 Å². The maximum Gasteiger partial charge on any atom is 0.244 e. The summed E-state index contributed by atoms with van der Waals surface area (Å²) in [5.74, 6) is -0.403. The molecule has 8 heteroatoms. The molecule has 0 unspecified atom stereocenters. The topological polar surface area (TPSA) is 82.1 Å². The zero-order chi connectivity index (χ0) is 19.0. The predicted molar refractivity (Wildman–Crippen MR) is 96.7 cm³/mol. The molecule has 0 saturated carbocycles. The second kappa shape index (κ2) is 9.45. The van der Waals surface area contributed by atoms with Gasteiger partial charge in [-0.25, -0.2) is 8.42 Å². The zero-order valence-corrected chi connectivity index (χ0v) is 16.2. The normalized spacial score (nSPS) is 17.0. The van der Waals surface area contributed by atoms with E-state index in [2.05, 4.69) is 0 Å². The van der Waals surface area contributed by atoms with Crippen LogP contribution in [0.15, 0.2) is 35.2 Å². The number of hydrogen-bond donors (Lipinski definition) is 0. The van der Waals surface area contributed by atoms with E-state index in [9.17, 15) is 13.2 Å². The molecule has 2 rings (SSSR count). The summed E-state index contributed by atoms with van der Waals surface area (Å²) in [6.45, 7) is 2.03. The highest BCUT2D eigenvalue weighted by Crippen LogP contribution is 2.36. The summed E-state index contributed by atoms with van der Waals surface area (Å²) in [5, 5.41) is 0. The maximum atomic E-state index is 13.3. The highest BCUT2D eigenvalue weighted by molar-refractivity contribution is 7.93. The molecule has 1 heterocycles. The fourth-order valence-corrected chi connectivity index (χ4v) is 5.08. The molecule has 146 valence electrons. The van der Waals surface area contributed by atoms with E-state index >= 15 is 0 Å². The van der Waals surface area contributed by atoms with Gasteiger partial charge in [0.2, 0.25) is 5.91 Å². The molecule has 1 saturated heterocycles. The summed E-state index contributed by atoms with van der Waals surface area (Å²) < 4.78 is 40.8. The second-order valence-corrected chi connectivity index (χ2v) is 8.51. The number of likely N-dealkylation sites (N-methyl/N-ethyl adjacent to an activating group) is 1. The molecule has 0 aromatic heterocycles. The Balaban J connectivity index is 2.19. The number of ether oxygens (including phenoxy) is 3. The fourth-order valence-electron chi connectivity index (χ4n) is 3.02. The summed E-state index contributed by atoms with van der Waals surface area (Å²) in [6.07, 6.45) is 0.301. The number of carbonyl (C=O) groups is 1. The van der Waals surface area contributed by atoms with E-state index in [1.165, 1.54) is 17.0 Å². The van der Waals surface area contributed by atoms with E-state index in [0.29, 0.717) is 26.4 Å². The third-order valence-electron chi connectivity index (χ3n) is 4.61. The molecule has 1 fully saturated rings. The van der Waals surface area contributed by atoms with E-state index < -0.39 is 20.5 Å². The first-order valence-electron chi connectivity index (χ1n) is 8.65. The number of methoxy groups -OCH3 is 1. The van der Waals surface area contributed by atoms with E-state index in [0.717, 1.165) is 0 Å². The molecule has 0 spiro atoms. The van der Waals surface area contributed by atoms with Crippen LogP contribution in [-0.2, 0) is 28.8 Å². The van der Waals surface area contributed by atoms with Gasteiger partial charge in [0.15, 0.2) is 14.6 Å². The molecule has 0 atom stereocenters. The van der Waals surface area contributed by atoms with Crippen molar-refractivity contribution in [2.45, 2.75) is 22.5 Å². The number of rotatable bonds is 9. The average molecular weight is 385 g/mol. The minimum atomic E-state index is -3.84. The SMILES string of the molecule is COCCOCCN(C)C(=O)C1(S(=O)(=O)c2ccccc2)CCOCC1. The molecule has 0 aliphatic carbocycles. The molecule has 1 amide bonds. The van der Waals surface area contributed by atoms with Crippen molar-refractivity contribution < 1.29 is 27.4 Å². The lowest BCUT2D eigenvalue weighted by molar-refractivity contribution is -0.136. The van der Waals surface area contributed by atoms with Crippen LogP contribution in [0.1, 0.15) is 12.8 Å². The quantitative estimate of drug-likeness (QED) is 0.593. The van der Waals surface area contributed by atoms with Crippen LogP contribution in [0.25, 0.3) is 0 Å². The molecule has 0 radical (unpaired) electrons. The van der Waals surface area contributed by atoms with Gasteiger partial charge in [-0.15, -0.1) is 0 Å². The number of benzene rings is 1. The highest BCUT2D eigenvalue weighted by atomic mass is 32.2. The van der Waals surface area contributed by atoms with Crippen LogP contribution in [0.2, 0.25) is 0 Å². The minimum Gasteiger partial charge on any atom is -0.382 e. The molecule has 26 heavy (non-hydrogen) atoms. The molecular weight excluding hydrogens is 358 g/mol. The van der Waals surface area contributed by atoms with Crippen LogP contribution in [0, 0.1) is 0 Å². The van der Waals surface area contributed by atoms with Crippen LogP contribution >= 0.6 is 0 Å². The van der Waals surface area contributed by atoms with Crippen molar-refractivity contribution in [1.29, 1.82) is 0 Å². The van der Waals surface area contributed by atoms with Gasteiger partial charge in [-0.2, -0.15) is 0 Å². The van der Waals surface area contributed by atoms with Crippen LogP contribution < -0.4 is 0 Å². The van der Waals surface area contributed by atoms with Gasteiger partial charge in [0.25, 0.3) is 0 Å². The lowest BCUT2D eigenvalue weighted by atomic mass is 9.97. The molecule has 1 aromatic carbocycles. The van der Waals surface area contributed by atoms with Crippen LogP contribution in [0.5, 0.6) is 0 Å². The Hall–Kier alpha value is -1.48. The maximum absolute atomic E-state index is 13.3. The minimum absolute atomic E-state index is 0.151. The molecule has 1 aliphatic rings. The average Bonchev–Trinajstić information content (AvgIpc) is 2.68. The van der Waals surface area contributed by atoms with Crippen molar-refractivity contribution in [1.82, 2.24) is 4.90 Å². The van der Waals surface area contributed by atoms with Gasteiger partial charge in [-0.05, 0) is 25.0 Å². The van der Waals surface area contributed by atoms with Crippen molar-refractivity contribution in [2.75, 3.05) is 53.7 Å². The number of nitrogens with zero attached hydrogens (tertiary/aromatic N) is 1. The standard InChI is InChI=1S/C18H27NO6S/c1-19(10-13-25-15-14-23-2)17(20)18(8-11-24-12-9-18)26(21,22)16-6-4-3-5-7-16/h3-7H,8-15H2,1-2H3. The lowest BCUT2D eigenvalue weighted by Gasteiger charge is -2.37. The Morgan fingerprint density at radius 1 is 1.15 bits per heavy atom. The molecule has 0 bridgehead atoms. The van der Waals surface area contributed by atoms with Gasteiger partial charge >= 0.3 is 0 Å². The number of amides is 1. The Morgan fingerprint density at radius 2 is 1.81 bits per heavy atom. The van der Waals surface area contributed by atoms with Gasteiger partial charge < -0.3 is 19.1 Å². The highest BCUT2D eigenvalue weighted by Gasteiger charge is 2.53. The van der Waals surface area contributed by atoms with Crippen molar-refractivity contribution >= 4 is 15.7 Å². The van der Waals surface area contributed by atoms with E-state index in [-0.39, 0.29) is 31.0 Å². The Bertz CT molecular complexity index is 670. The first-order valence-corrected chi connectivity index (χ1v) is 10.1. The summed E-state index contributed by atoms with van der Waals surface area (Å²) in [5.41, 5.74) is 0. The van der Waals surface area contributed by atoms with Gasteiger partial charge in [-0.3, -0.25) is 4.79 Å². The van der Waals surface area contributed by atoms with Gasteiger partial charge in [0.05, 0.1) is 24.7 Å². The molecular formula is C18H27NO6S. The third-order valence-corrected chi connectivity index (χ3v) is 7.11. The predicted octanol–water partition coefficient (Wildman–Crippen LogP) is 1.13. The third kappa shape index (κ3) is 4.43. The Morgan fingerprint density at radius 3 is 2.42 bits per heavy atom.